The SMILES string of the molecule is [2H][C@@]1(n2cc(F)c(=S)[nH]c2=O)O[C@](F)(CO)[C@@H](O)[C@H]1O. The lowest BCUT2D eigenvalue weighted by atomic mass is 10.1. The molecule has 0 radical (unpaired) electrons. The minimum absolute atomic E-state index is 0.197. The van der Waals surface area contributed by atoms with Crippen molar-refractivity contribution >= 4 is 12.2 Å². The van der Waals surface area contributed by atoms with Crippen molar-refractivity contribution in [1.29, 1.82) is 0 Å². The standard InChI is InChI=1S/C9H10F2N2O5S/c10-3-1-13(8(17)12-6(3)19)7-4(15)5(16)9(11,2-14)18-7/h1,4-5,7,14-16H,2H2,(H,12,17,19)/t4-,5+,7-,9-/m1/s1/i7D. The van der Waals surface area contributed by atoms with E-state index < -0.39 is 47.0 Å². The van der Waals surface area contributed by atoms with Gasteiger partial charge in [0.25, 0.3) is 5.85 Å². The van der Waals surface area contributed by atoms with E-state index in [0.717, 1.165) is 0 Å². The molecule has 0 amide bonds. The first kappa shape index (κ1) is 12.8. The Morgan fingerprint density at radius 2 is 2.32 bits per heavy atom. The Labute approximate surface area is 111 Å². The quantitative estimate of drug-likeness (QED) is 0.519. The van der Waals surface area contributed by atoms with E-state index in [1.807, 2.05) is 4.98 Å². The number of aromatic nitrogens is 2. The van der Waals surface area contributed by atoms with Gasteiger partial charge in [0, 0.05) is 0 Å². The van der Waals surface area contributed by atoms with E-state index >= 15 is 0 Å². The molecule has 0 aliphatic carbocycles. The summed E-state index contributed by atoms with van der Waals surface area (Å²) in [6.45, 7) is -1.37. The molecular formula is C9H10F2N2O5S. The van der Waals surface area contributed by atoms with E-state index in [-0.39, 0.29) is 4.57 Å². The largest absolute Gasteiger partial charge is 0.390 e. The number of alkyl halides is 1. The number of hydrogen-bond donors (Lipinski definition) is 4. The van der Waals surface area contributed by atoms with Crippen LogP contribution in [0.3, 0.4) is 0 Å². The molecule has 1 fully saturated rings. The van der Waals surface area contributed by atoms with Crippen LogP contribution in [0.25, 0.3) is 0 Å². The van der Waals surface area contributed by atoms with Gasteiger partial charge in [-0.25, -0.2) is 13.6 Å². The summed E-state index contributed by atoms with van der Waals surface area (Å²) in [6, 6.07) is 0. The van der Waals surface area contributed by atoms with Crippen molar-refractivity contribution in [3.8, 4) is 0 Å². The monoisotopic (exact) mass is 297 g/mol. The molecule has 7 nitrogen and oxygen atoms in total. The Kier molecular flexibility index (Phi) is 3.19. The van der Waals surface area contributed by atoms with Crippen LogP contribution in [-0.2, 0) is 4.74 Å². The van der Waals surface area contributed by atoms with E-state index in [1.165, 1.54) is 0 Å². The van der Waals surface area contributed by atoms with Crippen molar-refractivity contribution in [2.24, 2.45) is 0 Å². The first-order valence-electron chi connectivity index (χ1n) is 5.54. The maximum Gasteiger partial charge on any atom is 0.328 e. The third-order valence-corrected chi connectivity index (χ3v) is 2.92. The number of nitrogens with one attached hydrogen (secondary N) is 1. The van der Waals surface area contributed by atoms with Crippen LogP contribution in [0, 0.1) is 10.5 Å². The van der Waals surface area contributed by atoms with E-state index in [0.29, 0.717) is 6.20 Å². The third-order valence-electron chi connectivity index (χ3n) is 2.62. The van der Waals surface area contributed by atoms with Gasteiger partial charge in [0.15, 0.2) is 12.0 Å². The number of aliphatic hydroxyl groups is 3. The van der Waals surface area contributed by atoms with E-state index in [1.54, 1.807) is 0 Å². The molecule has 0 aromatic carbocycles. The molecule has 1 aliphatic rings. The summed E-state index contributed by atoms with van der Waals surface area (Å²) in [7, 11) is 0. The van der Waals surface area contributed by atoms with Crippen LogP contribution < -0.4 is 5.69 Å². The second kappa shape index (κ2) is 4.72. The molecule has 106 valence electrons. The normalized spacial score (nSPS) is 39.3. The van der Waals surface area contributed by atoms with Crippen LogP contribution in [0.1, 0.15) is 7.57 Å². The smallest absolute Gasteiger partial charge is 0.328 e. The number of aliphatic hydroxyl groups excluding tert-OH is 3. The predicted octanol–water partition coefficient (Wildman–Crippen LogP) is -1.05. The molecule has 1 aromatic rings. The van der Waals surface area contributed by atoms with Gasteiger partial charge in [0.2, 0.25) is 0 Å². The maximum atomic E-state index is 13.9. The summed E-state index contributed by atoms with van der Waals surface area (Å²) >= 11 is 4.46. The average Bonchev–Trinajstić information content (AvgIpc) is 2.56. The Morgan fingerprint density at radius 3 is 2.84 bits per heavy atom. The molecule has 1 aromatic heterocycles. The molecule has 2 rings (SSSR count). The van der Waals surface area contributed by atoms with Gasteiger partial charge >= 0.3 is 5.69 Å². The van der Waals surface area contributed by atoms with Gasteiger partial charge in [-0.05, 0) is 0 Å². The molecule has 0 spiro atoms. The Balaban J connectivity index is 2.60. The van der Waals surface area contributed by atoms with Crippen molar-refractivity contribution in [2.45, 2.75) is 24.3 Å². The number of hydrogen-bond acceptors (Lipinski definition) is 6. The molecule has 2 heterocycles. The highest BCUT2D eigenvalue weighted by atomic mass is 32.1. The minimum Gasteiger partial charge on any atom is -0.390 e. The summed E-state index contributed by atoms with van der Waals surface area (Å²) < 4.78 is 39.2. The highest BCUT2D eigenvalue weighted by molar-refractivity contribution is 7.71. The summed E-state index contributed by atoms with van der Waals surface area (Å²) in [5, 5.41) is 28.0. The topological polar surface area (TPSA) is 108 Å². The molecule has 4 N–H and O–H groups in total. The fraction of sp³-hybridized carbons (Fsp3) is 0.556. The van der Waals surface area contributed by atoms with Crippen molar-refractivity contribution in [1.82, 2.24) is 9.55 Å². The van der Waals surface area contributed by atoms with E-state index in [9.17, 15) is 23.8 Å². The zero-order chi connectivity index (χ0) is 15.3. The number of halogens is 2. The van der Waals surface area contributed by atoms with Crippen LogP contribution in [0.15, 0.2) is 11.0 Å². The first-order valence-corrected chi connectivity index (χ1v) is 5.44. The van der Waals surface area contributed by atoms with Crippen LogP contribution in [0.5, 0.6) is 0 Å². The highest BCUT2D eigenvalue weighted by Gasteiger charge is 2.55. The number of H-pyrrole nitrogens is 1. The molecule has 0 unspecified atom stereocenters. The first-order chi connectivity index (χ1) is 9.15. The number of rotatable bonds is 2. The number of nitrogens with zero attached hydrogens (tertiary/aromatic N) is 1. The lowest BCUT2D eigenvalue weighted by Gasteiger charge is -2.19. The van der Waals surface area contributed by atoms with Crippen molar-refractivity contribution in [2.75, 3.05) is 6.61 Å². The zero-order valence-electron chi connectivity index (χ0n) is 10.2. The van der Waals surface area contributed by atoms with Crippen molar-refractivity contribution in [3.63, 3.8) is 0 Å². The van der Waals surface area contributed by atoms with Gasteiger partial charge in [0.1, 0.15) is 23.5 Å². The Bertz CT molecular complexity index is 654. The van der Waals surface area contributed by atoms with Crippen LogP contribution in [0.4, 0.5) is 8.78 Å². The minimum atomic E-state index is -3.16. The van der Waals surface area contributed by atoms with Gasteiger partial charge in [-0.3, -0.25) is 9.55 Å². The zero-order valence-corrected chi connectivity index (χ0v) is 10.0. The van der Waals surface area contributed by atoms with E-state index in [4.69, 9.17) is 6.48 Å². The summed E-state index contributed by atoms with van der Waals surface area (Å²) in [4.78, 5) is 13.5. The fourth-order valence-electron chi connectivity index (χ4n) is 1.59. The Hall–Kier alpha value is -1.20. The summed E-state index contributed by atoms with van der Waals surface area (Å²) in [6.07, 6.45) is -6.98. The van der Waals surface area contributed by atoms with E-state index in [2.05, 4.69) is 17.0 Å². The van der Waals surface area contributed by atoms with Gasteiger partial charge in [-0.2, -0.15) is 0 Å². The number of ether oxygens (including phenoxy) is 1. The molecule has 1 aliphatic heterocycles. The van der Waals surface area contributed by atoms with Crippen molar-refractivity contribution < 1.29 is 30.2 Å². The van der Waals surface area contributed by atoms with Crippen LogP contribution in [0.2, 0.25) is 0 Å². The fourth-order valence-corrected chi connectivity index (χ4v) is 1.73. The maximum absolute atomic E-state index is 13.9. The number of aromatic amines is 1. The highest BCUT2D eigenvalue weighted by Crippen LogP contribution is 2.37. The van der Waals surface area contributed by atoms with Crippen LogP contribution >= 0.6 is 12.2 Å². The van der Waals surface area contributed by atoms with Gasteiger partial charge in [0.05, 0.1) is 7.57 Å². The molecular weight excluding hydrogens is 286 g/mol. The van der Waals surface area contributed by atoms with Crippen molar-refractivity contribution in [3.05, 3.63) is 27.1 Å². The molecule has 4 atom stereocenters. The second-order valence-corrected chi connectivity index (χ2v) is 4.29. The van der Waals surface area contributed by atoms with Crippen LogP contribution in [-0.4, -0.2) is 49.5 Å². The van der Waals surface area contributed by atoms with Gasteiger partial charge in [-0.15, -0.1) is 0 Å². The molecule has 10 heteroatoms. The molecule has 1 saturated heterocycles. The second-order valence-electron chi connectivity index (χ2n) is 3.88. The molecule has 0 saturated carbocycles. The van der Waals surface area contributed by atoms with Gasteiger partial charge in [-0.1, -0.05) is 12.2 Å². The molecule has 19 heavy (non-hydrogen) atoms. The summed E-state index contributed by atoms with van der Waals surface area (Å²) in [5.41, 5.74) is -1.15. The molecule has 0 bridgehead atoms. The average molecular weight is 297 g/mol. The predicted molar refractivity (Wildman–Crippen MR) is 58.9 cm³/mol. The Morgan fingerprint density at radius 1 is 1.68 bits per heavy atom. The summed E-state index contributed by atoms with van der Waals surface area (Å²) in [5.74, 6) is -4.28. The lowest BCUT2D eigenvalue weighted by Crippen LogP contribution is -2.42. The lowest BCUT2D eigenvalue weighted by molar-refractivity contribution is -0.207. The van der Waals surface area contributed by atoms with Gasteiger partial charge < -0.3 is 20.1 Å². The third kappa shape index (κ3) is 2.21.